The molecule has 3 aliphatic rings. The Hall–Kier alpha value is -3.65. The average molecular weight is 382 g/mol. The number of terminal acetylenes is 1. The van der Waals surface area contributed by atoms with Crippen LogP contribution >= 0.6 is 0 Å². The first-order chi connectivity index (χ1) is 14.1. The van der Waals surface area contributed by atoms with E-state index in [2.05, 4.69) is 23.4 Å². The maximum atomic E-state index is 12.9. The van der Waals surface area contributed by atoms with E-state index in [1.807, 2.05) is 0 Å². The van der Waals surface area contributed by atoms with Gasteiger partial charge in [-0.25, -0.2) is 0 Å². The number of fused-ring (bicyclic) bond motifs is 5. The lowest BCUT2D eigenvalue weighted by molar-refractivity contribution is -0.123. The molecule has 2 bridgehead atoms. The Balaban J connectivity index is 1.34. The fourth-order valence-corrected chi connectivity index (χ4v) is 4.81. The molecule has 5 heteroatoms. The molecule has 1 N–H and O–H groups in total. The Morgan fingerprint density at radius 3 is 2.28 bits per heavy atom. The second kappa shape index (κ2) is 6.46. The van der Waals surface area contributed by atoms with Gasteiger partial charge in [-0.3, -0.25) is 19.3 Å². The summed E-state index contributed by atoms with van der Waals surface area (Å²) in [6.45, 7) is 0. The lowest BCUT2D eigenvalue weighted by atomic mass is 9.85. The third-order valence-corrected chi connectivity index (χ3v) is 6.15. The number of benzene rings is 2. The first-order valence-electron chi connectivity index (χ1n) is 9.61. The number of carbonyl (C=O) groups excluding carboxylic acids is 3. The molecule has 2 fully saturated rings. The molecular weight excluding hydrogens is 364 g/mol. The van der Waals surface area contributed by atoms with Crippen molar-refractivity contribution in [1.82, 2.24) is 0 Å². The molecule has 4 atom stereocenters. The van der Waals surface area contributed by atoms with Crippen LogP contribution in [0.1, 0.15) is 22.3 Å². The molecule has 1 heterocycles. The van der Waals surface area contributed by atoms with E-state index in [1.165, 1.54) is 4.90 Å². The van der Waals surface area contributed by atoms with Crippen molar-refractivity contribution < 1.29 is 14.4 Å². The summed E-state index contributed by atoms with van der Waals surface area (Å²) < 4.78 is 0. The van der Waals surface area contributed by atoms with E-state index in [4.69, 9.17) is 6.42 Å². The molecule has 142 valence electrons. The highest BCUT2D eigenvalue weighted by Gasteiger charge is 2.59. The van der Waals surface area contributed by atoms with Gasteiger partial charge in [0.2, 0.25) is 11.8 Å². The molecule has 5 nitrogen and oxygen atoms in total. The maximum absolute atomic E-state index is 12.9. The van der Waals surface area contributed by atoms with Gasteiger partial charge in [0.1, 0.15) is 0 Å². The summed E-state index contributed by atoms with van der Waals surface area (Å²) in [7, 11) is 0. The van der Waals surface area contributed by atoms with Gasteiger partial charge in [-0.2, -0.15) is 0 Å². The van der Waals surface area contributed by atoms with E-state index in [1.54, 1.807) is 48.5 Å². The Labute approximate surface area is 168 Å². The van der Waals surface area contributed by atoms with Gasteiger partial charge >= 0.3 is 0 Å². The van der Waals surface area contributed by atoms with Crippen LogP contribution in [0.25, 0.3) is 0 Å². The quantitative estimate of drug-likeness (QED) is 0.504. The summed E-state index contributed by atoms with van der Waals surface area (Å²) in [4.78, 5) is 39.6. The van der Waals surface area contributed by atoms with E-state index in [0.717, 1.165) is 6.42 Å². The van der Waals surface area contributed by atoms with Crippen LogP contribution in [0.3, 0.4) is 0 Å². The molecule has 0 spiro atoms. The van der Waals surface area contributed by atoms with Gasteiger partial charge in [-0.1, -0.05) is 24.1 Å². The lowest BCUT2D eigenvalue weighted by Crippen LogP contribution is -2.32. The zero-order valence-electron chi connectivity index (χ0n) is 15.5. The van der Waals surface area contributed by atoms with Gasteiger partial charge in [-0.15, -0.1) is 6.42 Å². The predicted molar refractivity (Wildman–Crippen MR) is 109 cm³/mol. The molecule has 4 unspecified atom stereocenters. The number of carbonyl (C=O) groups is 3. The zero-order valence-corrected chi connectivity index (χ0v) is 15.5. The van der Waals surface area contributed by atoms with Crippen LogP contribution in [0.4, 0.5) is 11.4 Å². The molecule has 29 heavy (non-hydrogen) atoms. The SMILES string of the molecule is C#Cc1cccc(NC(=O)c2ccc(N3C(=O)C4C5C=CC(C5)C4C3=O)cc2)c1. The summed E-state index contributed by atoms with van der Waals surface area (Å²) in [5.74, 6) is 1.88. The maximum Gasteiger partial charge on any atom is 0.255 e. The Kier molecular flexibility index (Phi) is 3.88. The van der Waals surface area contributed by atoms with Gasteiger partial charge in [-0.05, 0) is 60.7 Å². The van der Waals surface area contributed by atoms with Gasteiger partial charge in [0, 0.05) is 16.8 Å². The molecule has 1 saturated carbocycles. The van der Waals surface area contributed by atoms with Crippen LogP contribution in [0, 0.1) is 36.0 Å². The number of hydrogen-bond acceptors (Lipinski definition) is 3. The highest BCUT2D eigenvalue weighted by molar-refractivity contribution is 6.23. The Morgan fingerprint density at radius 1 is 1.00 bits per heavy atom. The largest absolute Gasteiger partial charge is 0.322 e. The molecule has 3 amide bonds. The minimum Gasteiger partial charge on any atom is -0.322 e. The normalized spacial score (nSPS) is 26.5. The first-order valence-corrected chi connectivity index (χ1v) is 9.61. The number of nitrogens with zero attached hydrogens (tertiary/aromatic N) is 1. The number of nitrogens with one attached hydrogen (secondary N) is 1. The molecule has 1 aliphatic heterocycles. The number of imide groups is 1. The van der Waals surface area contributed by atoms with Crippen LogP contribution in [0.2, 0.25) is 0 Å². The molecule has 2 aromatic carbocycles. The van der Waals surface area contributed by atoms with Gasteiger partial charge in [0.25, 0.3) is 5.91 Å². The number of amides is 3. The molecule has 0 aromatic heterocycles. The smallest absolute Gasteiger partial charge is 0.255 e. The van der Waals surface area contributed by atoms with E-state index in [9.17, 15) is 14.4 Å². The predicted octanol–water partition coefficient (Wildman–Crippen LogP) is 3.23. The van der Waals surface area contributed by atoms with Crippen LogP contribution in [-0.2, 0) is 9.59 Å². The summed E-state index contributed by atoms with van der Waals surface area (Å²) in [5, 5.41) is 2.80. The third kappa shape index (κ3) is 2.68. The number of anilines is 2. The first kappa shape index (κ1) is 17.4. The van der Waals surface area contributed by atoms with E-state index >= 15 is 0 Å². The van der Waals surface area contributed by atoms with E-state index in [0.29, 0.717) is 22.5 Å². The number of rotatable bonds is 3. The van der Waals surface area contributed by atoms with Crippen molar-refractivity contribution in [2.75, 3.05) is 10.2 Å². The standard InChI is InChI=1S/C24H18N2O3/c1-2-14-4-3-5-18(12-14)25-22(27)15-8-10-19(11-9-15)26-23(28)20-16-6-7-17(13-16)21(20)24(26)29/h1,3-12,16-17,20-21H,13H2,(H,25,27). The summed E-state index contributed by atoms with van der Waals surface area (Å²) in [6.07, 6.45) is 10.4. The monoisotopic (exact) mass is 382 g/mol. The molecule has 5 rings (SSSR count). The van der Waals surface area contributed by atoms with Crippen LogP contribution in [0.15, 0.2) is 60.7 Å². The molecular formula is C24H18N2O3. The Bertz CT molecular complexity index is 1080. The van der Waals surface area contributed by atoms with E-state index in [-0.39, 0.29) is 41.4 Å². The summed E-state index contributed by atoms with van der Waals surface area (Å²) in [6, 6.07) is 13.6. The molecule has 1 saturated heterocycles. The molecule has 0 radical (unpaired) electrons. The van der Waals surface area contributed by atoms with E-state index < -0.39 is 0 Å². The summed E-state index contributed by atoms with van der Waals surface area (Å²) >= 11 is 0. The number of hydrogen-bond donors (Lipinski definition) is 1. The van der Waals surface area contributed by atoms with Crippen molar-refractivity contribution in [3.05, 3.63) is 71.8 Å². The van der Waals surface area contributed by atoms with Crippen LogP contribution in [-0.4, -0.2) is 17.7 Å². The van der Waals surface area contributed by atoms with Gasteiger partial charge < -0.3 is 5.32 Å². The Morgan fingerprint density at radius 2 is 1.66 bits per heavy atom. The van der Waals surface area contributed by atoms with Gasteiger partial charge in [0.15, 0.2) is 0 Å². The fourth-order valence-electron chi connectivity index (χ4n) is 4.81. The minimum atomic E-state index is -0.288. The third-order valence-electron chi connectivity index (χ3n) is 6.15. The highest BCUT2D eigenvalue weighted by atomic mass is 16.2. The van der Waals surface area contributed by atoms with Crippen molar-refractivity contribution >= 4 is 29.1 Å². The number of allylic oxidation sites excluding steroid dienone is 2. The highest BCUT2D eigenvalue weighted by Crippen LogP contribution is 2.53. The lowest BCUT2D eigenvalue weighted by Gasteiger charge is -2.17. The topological polar surface area (TPSA) is 66.5 Å². The zero-order chi connectivity index (χ0) is 20.1. The fraction of sp³-hybridized carbons (Fsp3) is 0.208. The van der Waals surface area contributed by atoms with Gasteiger partial charge in [0.05, 0.1) is 17.5 Å². The van der Waals surface area contributed by atoms with Crippen molar-refractivity contribution in [3.8, 4) is 12.3 Å². The second-order valence-electron chi connectivity index (χ2n) is 7.74. The van der Waals surface area contributed by atoms with Crippen LogP contribution < -0.4 is 10.2 Å². The van der Waals surface area contributed by atoms with Crippen molar-refractivity contribution in [2.24, 2.45) is 23.7 Å². The van der Waals surface area contributed by atoms with Crippen molar-refractivity contribution in [1.29, 1.82) is 0 Å². The van der Waals surface area contributed by atoms with Crippen molar-refractivity contribution in [2.45, 2.75) is 6.42 Å². The van der Waals surface area contributed by atoms with Crippen molar-refractivity contribution in [3.63, 3.8) is 0 Å². The molecule has 2 aliphatic carbocycles. The average Bonchev–Trinajstić information content (AvgIpc) is 3.42. The summed E-state index contributed by atoms with van der Waals surface area (Å²) in [5.41, 5.74) is 2.23. The van der Waals surface area contributed by atoms with Crippen LogP contribution in [0.5, 0.6) is 0 Å². The second-order valence-corrected chi connectivity index (χ2v) is 7.74. The molecule has 2 aromatic rings. The minimum absolute atomic E-state index is 0.125.